The van der Waals surface area contributed by atoms with Gasteiger partial charge in [0.15, 0.2) is 5.84 Å². The van der Waals surface area contributed by atoms with Crippen LogP contribution in [0.5, 0.6) is 0 Å². The Hall–Kier alpha value is -2.35. The highest BCUT2D eigenvalue weighted by atomic mass is 32.2. The highest BCUT2D eigenvalue weighted by Gasteiger charge is 2.36. The molecule has 0 fully saturated rings. The zero-order valence-electron chi connectivity index (χ0n) is 16.6. The van der Waals surface area contributed by atoms with E-state index in [2.05, 4.69) is 9.71 Å². The summed E-state index contributed by atoms with van der Waals surface area (Å²) in [6, 6.07) is 6.51. The lowest BCUT2D eigenvalue weighted by atomic mass is 10.1. The number of ether oxygens (including phenoxy) is 1. The van der Waals surface area contributed by atoms with E-state index in [0.29, 0.717) is 0 Å². The molecule has 0 atom stereocenters. The molecular weight excluding hydrogens is 366 g/mol. The summed E-state index contributed by atoms with van der Waals surface area (Å²) in [6.45, 7) is 11.4. The second kappa shape index (κ2) is 7.72. The van der Waals surface area contributed by atoms with Crippen molar-refractivity contribution in [3.8, 4) is 0 Å². The van der Waals surface area contributed by atoms with Crippen LogP contribution in [0.3, 0.4) is 0 Å². The second-order valence-electron chi connectivity index (χ2n) is 7.14. The molecule has 27 heavy (non-hydrogen) atoms. The van der Waals surface area contributed by atoms with Gasteiger partial charge in [0, 0.05) is 12.2 Å². The van der Waals surface area contributed by atoms with Gasteiger partial charge in [0.2, 0.25) is 0 Å². The Balaban J connectivity index is 2.46. The molecule has 0 saturated heterocycles. The first kappa shape index (κ1) is 21.0. The van der Waals surface area contributed by atoms with Crippen LogP contribution in [-0.4, -0.2) is 43.4 Å². The fraction of sp³-hybridized carbons (Fsp3) is 0.474. The first-order valence-corrected chi connectivity index (χ1v) is 10.3. The van der Waals surface area contributed by atoms with Crippen LogP contribution in [-0.2, 0) is 19.6 Å². The Morgan fingerprint density at radius 2 is 1.85 bits per heavy atom. The molecule has 0 aliphatic carbocycles. The fourth-order valence-corrected chi connectivity index (χ4v) is 3.89. The Kier molecular flexibility index (Phi) is 5.99. The topological polar surface area (TPSA) is 88.1 Å². The van der Waals surface area contributed by atoms with Gasteiger partial charge in [-0.1, -0.05) is 17.7 Å². The average molecular weight is 394 g/mol. The van der Waals surface area contributed by atoms with Crippen LogP contribution < -0.4 is 4.72 Å². The van der Waals surface area contributed by atoms with E-state index >= 15 is 0 Å². The summed E-state index contributed by atoms with van der Waals surface area (Å²) in [5.74, 6) is -0.639. The number of nitrogens with one attached hydrogen (secondary N) is 1. The monoisotopic (exact) mass is 393 g/mol. The third-order valence-corrected chi connectivity index (χ3v) is 5.51. The van der Waals surface area contributed by atoms with Crippen molar-refractivity contribution in [2.75, 3.05) is 6.61 Å². The third-order valence-electron chi connectivity index (χ3n) is 4.15. The summed E-state index contributed by atoms with van der Waals surface area (Å²) in [5.41, 5.74) is 0.306. The van der Waals surface area contributed by atoms with Crippen LogP contribution >= 0.6 is 0 Å². The number of hydrogen-bond acceptors (Lipinski definition) is 6. The first-order chi connectivity index (χ1) is 12.5. The molecule has 1 aromatic carbocycles. The van der Waals surface area contributed by atoms with Crippen molar-refractivity contribution in [3.63, 3.8) is 0 Å². The number of benzene rings is 1. The van der Waals surface area contributed by atoms with E-state index in [-0.39, 0.29) is 29.0 Å². The molecule has 0 saturated carbocycles. The Labute approximate surface area is 161 Å². The van der Waals surface area contributed by atoms with Gasteiger partial charge in [-0.15, -0.1) is 0 Å². The molecule has 7 nitrogen and oxygen atoms in total. The molecule has 0 amide bonds. The predicted octanol–water partition coefficient (Wildman–Crippen LogP) is 2.58. The number of carbonyl (C=O) groups is 1. The largest absolute Gasteiger partial charge is 0.462 e. The van der Waals surface area contributed by atoms with Gasteiger partial charge < -0.3 is 9.64 Å². The van der Waals surface area contributed by atoms with Crippen LogP contribution in [0.1, 0.15) is 40.2 Å². The maximum Gasteiger partial charge on any atom is 0.343 e. The highest BCUT2D eigenvalue weighted by Crippen LogP contribution is 2.27. The summed E-state index contributed by atoms with van der Waals surface area (Å²) in [4.78, 5) is 18.9. The summed E-state index contributed by atoms with van der Waals surface area (Å²) >= 11 is 0. The zero-order valence-corrected chi connectivity index (χ0v) is 17.4. The lowest BCUT2D eigenvalue weighted by Crippen LogP contribution is -2.50. The van der Waals surface area contributed by atoms with Crippen molar-refractivity contribution in [2.45, 2.75) is 58.1 Å². The Bertz CT molecular complexity index is 869. The molecule has 0 aromatic heterocycles. The minimum atomic E-state index is -3.89. The van der Waals surface area contributed by atoms with Crippen LogP contribution in [0.4, 0.5) is 0 Å². The van der Waals surface area contributed by atoms with E-state index in [0.717, 1.165) is 5.56 Å². The number of aliphatic imine (C=N–C) groups is 1. The van der Waals surface area contributed by atoms with Gasteiger partial charge in [0.25, 0.3) is 10.0 Å². The van der Waals surface area contributed by atoms with Gasteiger partial charge in [-0.2, -0.15) is 0 Å². The summed E-state index contributed by atoms with van der Waals surface area (Å²) in [5, 5.41) is 0. The van der Waals surface area contributed by atoms with Crippen molar-refractivity contribution >= 4 is 21.8 Å². The molecule has 0 spiro atoms. The number of nitrogens with zero attached hydrogens (tertiary/aromatic N) is 2. The van der Waals surface area contributed by atoms with Gasteiger partial charge in [-0.25, -0.2) is 18.2 Å². The number of rotatable bonds is 5. The Morgan fingerprint density at radius 3 is 2.37 bits per heavy atom. The predicted molar refractivity (Wildman–Crippen MR) is 105 cm³/mol. The number of amidine groups is 1. The molecule has 148 valence electrons. The van der Waals surface area contributed by atoms with E-state index in [9.17, 15) is 13.2 Å². The second-order valence-corrected chi connectivity index (χ2v) is 8.82. The molecular formula is C19H27N3O4S. The van der Waals surface area contributed by atoms with Gasteiger partial charge in [-0.05, 0) is 53.7 Å². The maximum atomic E-state index is 12.8. The number of hydrogen-bond donors (Lipinski definition) is 1. The van der Waals surface area contributed by atoms with Crippen LogP contribution in [0, 0.1) is 6.92 Å². The first-order valence-electron chi connectivity index (χ1n) is 8.85. The summed E-state index contributed by atoms with van der Waals surface area (Å²) in [6.07, 6.45) is 1.61. The maximum absolute atomic E-state index is 12.8. The van der Waals surface area contributed by atoms with Crippen molar-refractivity contribution < 1.29 is 17.9 Å². The molecule has 1 heterocycles. The number of aryl methyl sites for hydroxylation is 1. The van der Waals surface area contributed by atoms with E-state index in [4.69, 9.17) is 4.74 Å². The normalized spacial score (nSPS) is 16.6. The molecule has 1 N–H and O–H groups in total. The van der Waals surface area contributed by atoms with Gasteiger partial charge in [-0.3, -0.25) is 4.72 Å². The SMILES string of the molecule is CCOC(=O)C1=CN(C(C)C)C(C)(C)N=C1NS(=O)(=O)c1ccc(C)cc1. The smallest absolute Gasteiger partial charge is 0.343 e. The molecule has 2 rings (SSSR count). The third kappa shape index (κ3) is 4.68. The molecule has 8 heteroatoms. The van der Waals surface area contributed by atoms with E-state index in [1.165, 1.54) is 12.1 Å². The molecule has 0 radical (unpaired) electrons. The standard InChI is InChI=1S/C19H27N3O4S/c1-7-26-18(23)16-12-22(13(2)3)19(5,6)20-17(16)21-27(24,25)15-10-8-14(4)9-11-15/h8-13H,7H2,1-6H3,(H,20,21). The minimum Gasteiger partial charge on any atom is -0.462 e. The van der Waals surface area contributed by atoms with Crippen LogP contribution in [0.2, 0.25) is 0 Å². The van der Waals surface area contributed by atoms with Gasteiger partial charge >= 0.3 is 5.97 Å². The van der Waals surface area contributed by atoms with Gasteiger partial charge in [0.05, 0.1) is 11.5 Å². The van der Waals surface area contributed by atoms with E-state index in [1.807, 2.05) is 39.5 Å². The fourth-order valence-electron chi connectivity index (χ4n) is 2.87. The lowest BCUT2D eigenvalue weighted by molar-refractivity contribution is -0.138. The summed E-state index contributed by atoms with van der Waals surface area (Å²) < 4.78 is 33.1. The van der Waals surface area contributed by atoms with E-state index in [1.54, 1.807) is 25.3 Å². The molecule has 1 aliphatic heterocycles. The highest BCUT2D eigenvalue weighted by molar-refractivity contribution is 7.90. The van der Waals surface area contributed by atoms with Crippen LogP contribution in [0.25, 0.3) is 0 Å². The number of carbonyl (C=O) groups excluding carboxylic acids is 1. The van der Waals surface area contributed by atoms with Crippen molar-refractivity contribution in [3.05, 3.63) is 41.6 Å². The Morgan fingerprint density at radius 1 is 1.26 bits per heavy atom. The van der Waals surface area contributed by atoms with Crippen molar-refractivity contribution in [2.24, 2.45) is 4.99 Å². The number of sulfonamides is 1. The zero-order chi connectivity index (χ0) is 20.4. The lowest BCUT2D eigenvalue weighted by Gasteiger charge is -2.41. The summed E-state index contributed by atoms with van der Waals surface area (Å²) in [7, 11) is -3.89. The molecule has 1 aliphatic rings. The van der Waals surface area contributed by atoms with Gasteiger partial charge in [0.1, 0.15) is 11.2 Å². The van der Waals surface area contributed by atoms with Crippen molar-refractivity contribution in [1.29, 1.82) is 0 Å². The average Bonchev–Trinajstić information content (AvgIpc) is 2.53. The molecule has 1 aromatic rings. The minimum absolute atomic E-state index is 0.0177. The van der Waals surface area contributed by atoms with Crippen molar-refractivity contribution in [1.82, 2.24) is 9.62 Å². The molecule has 0 bridgehead atoms. The quantitative estimate of drug-likeness (QED) is 0.777. The van der Waals surface area contributed by atoms with Crippen LogP contribution in [0.15, 0.2) is 45.9 Å². The van der Waals surface area contributed by atoms with E-state index < -0.39 is 21.7 Å². The molecule has 0 unspecified atom stereocenters. The number of esters is 1.